The van der Waals surface area contributed by atoms with Crippen LogP contribution in [-0.4, -0.2) is 37.9 Å². The summed E-state index contributed by atoms with van der Waals surface area (Å²) >= 11 is 0. The van der Waals surface area contributed by atoms with Gasteiger partial charge in [-0.05, 0) is 37.6 Å². The molecule has 1 unspecified atom stereocenters. The van der Waals surface area contributed by atoms with Crippen molar-refractivity contribution < 1.29 is 14.3 Å². The Balaban J connectivity index is 2.02. The molecule has 3 aromatic rings. The molecule has 0 spiro atoms. The number of carbonyl (C=O) groups is 1. The van der Waals surface area contributed by atoms with Crippen molar-refractivity contribution in [1.29, 1.82) is 0 Å². The lowest BCUT2D eigenvalue weighted by Gasteiger charge is -2.29. The summed E-state index contributed by atoms with van der Waals surface area (Å²) in [6.45, 7) is 3.99. The molecule has 3 aromatic heterocycles. The largest absolute Gasteiger partial charge is 0.467 e. The van der Waals surface area contributed by atoms with Crippen LogP contribution in [0.4, 0.5) is 0 Å². The zero-order chi connectivity index (χ0) is 17.1. The molecule has 3 rings (SSSR count). The molecule has 3 heterocycles. The van der Waals surface area contributed by atoms with E-state index in [1.807, 2.05) is 44.3 Å². The third-order valence-corrected chi connectivity index (χ3v) is 4.20. The second-order valence-electron chi connectivity index (χ2n) is 5.73. The summed E-state index contributed by atoms with van der Waals surface area (Å²) in [5.41, 5.74) is 1.92. The molecule has 0 bridgehead atoms. The van der Waals surface area contributed by atoms with E-state index in [-0.39, 0.29) is 18.6 Å². The maximum atomic E-state index is 13.2. The van der Waals surface area contributed by atoms with Crippen molar-refractivity contribution >= 4 is 11.6 Å². The molecule has 1 atom stereocenters. The second-order valence-corrected chi connectivity index (χ2v) is 5.73. The maximum Gasteiger partial charge on any atom is 0.273 e. The van der Waals surface area contributed by atoms with Crippen molar-refractivity contribution in [1.82, 2.24) is 14.3 Å². The van der Waals surface area contributed by atoms with Crippen molar-refractivity contribution in [2.24, 2.45) is 0 Å². The first-order valence-electron chi connectivity index (χ1n) is 8.03. The van der Waals surface area contributed by atoms with Crippen LogP contribution in [0.1, 0.15) is 35.3 Å². The number of aliphatic hydroxyl groups excluding tert-OH is 1. The van der Waals surface area contributed by atoms with Gasteiger partial charge in [-0.2, -0.15) is 0 Å². The molecule has 0 fully saturated rings. The number of furan rings is 1. The summed E-state index contributed by atoms with van der Waals surface area (Å²) in [4.78, 5) is 19.3. The third-order valence-electron chi connectivity index (χ3n) is 4.20. The number of fused-ring (bicyclic) bond motifs is 1. The van der Waals surface area contributed by atoms with Gasteiger partial charge in [0.1, 0.15) is 17.1 Å². The van der Waals surface area contributed by atoms with Gasteiger partial charge >= 0.3 is 0 Å². The van der Waals surface area contributed by atoms with Gasteiger partial charge in [0.25, 0.3) is 5.91 Å². The van der Waals surface area contributed by atoms with E-state index in [1.165, 1.54) is 0 Å². The third kappa shape index (κ3) is 2.92. The monoisotopic (exact) mass is 327 g/mol. The summed E-state index contributed by atoms with van der Waals surface area (Å²) in [5, 5.41) is 9.71. The lowest BCUT2D eigenvalue weighted by molar-refractivity contribution is 0.0537. The lowest BCUT2D eigenvalue weighted by atomic mass is 10.1. The van der Waals surface area contributed by atoms with Crippen LogP contribution in [0.25, 0.3) is 5.65 Å². The van der Waals surface area contributed by atoms with E-state index in [4.69, 9.17) is 4.42 Å². The van der Waals surface area contributed by atoms with Gasteiger partial charge in [0.05, 0.1) is 31.2 Å². The predicted octanol–water partition coefficient (Wildman–Crippen LogP) is 2.65. The Hall–Kier alpha value is -2.60. The zero-order valence-electron chi connectivity index (χ0n) is 13.8. The van der Waals surface area contributed by atoms with E-state index in [0.29, 0.717) is 30.1 Å². The highest BCUT2D eigenvalue weighted by Gasteiger charge is 2.28. The van der Waals surface area contributed by atoms with Crippen LogP contribution in [0.5, 0.6) is 0 Å². The standard InChI is InChI=1S/C18H21N3O3/c1-3-14(12-22)21(11-15-7-6-10-24-15)18(23)17-13(2)19-16-8-4-5-9-20(16)17/h4-10,14,22H,3,11-12H2,1-2H3. The van der Waals surface area contributed by atoms with Gasteiger partial charge in [-0.15, -0.1) is 0 Å². The van der Waals surface area contributed by atoms with Gasteiger partial charge in [0, 0.05) is 6.20 Å². The van der Waals surface area contributed by atoms with E-state index in [0.717, 1.165) is 5.65 Å². The highest BCUT2D eigenvalue weighted by atomic mass is 16.3. The van der Waals surface area contributed by atoms with Crippen LogP contribution in [0.2, 0.25) is 0 Å². The topological polar surface area (TPSA) is 71.0 Å². The number of hydrogen-bond acceptors (Lipinski definition) is 4. The van der Waals surface area contributed by atoms with E-state index in [1.54, 1.807) is 21.6 Å². The quantitative estimate of drug-likeness (QED) is 0.755. The first-order valence-corrected chi connectivity index (χ1v) is 8.03. The van der Waals surface area contributed by atoms with Gasteiger partial charge in [-0.3, -0.25) is 9.20 Å². The Labute approximate surface area is 140 Å². The molecule has 1 amide bonds. The number of amides is 1. The SMILES string of the molecule is CCC(CO)N(Cc1ccco1)C(=O)c1c(C)nc2ccccn12. The fourth-order valence-electron chi connectivity index (χ4n) is 2.89. The average Bonchev–Trinajstić information content (AvgIpc) is 3.20. The van der Waals surface area contributed by atoms with Crippen LogP contribution >= 0.6 is 0 Å². The molecule has 6 heteroatoms. The number of nitrogens with zero attached hydrogens (tertiary/aromatic N) is 3. The molecule has 0 aliphatic rings. The maximum absolute atomic E-state index is 13.2. The Kier molecular flexibility index (Phi) is 4.66. The Morgan fingerprint density at radius 3 is 2.88 bits per heavy atom. The first kappa shape index (κ1) is 16.3. The normalized spacial score (nSPS) is 12.5. The van der Waals surface area contributed by atoms with E-state index >= 15 is 0 Å². The van der Waals surface area contributed by atoms with Gasteiger partial charge in [-0.1, -0.05) is 13.0 Å². The van der Waals surface area contributed by atoms with Crippen LogP contribution < -0.4 is 0 Å². The van der Waals surface area contributed by atoms with Crippen molar-refractivity contribution in [2.45, 2.75) is 32.9 Å². The van der Waals surface area contributed by atoms with E-state index < -0.39 is 0 Å². The number of aryl methyl sites for hydroxylation is 1. The molecule has 0 aliphatic carbocycles. The molecule has 0 radical (unpaired) electrons. The second kappa shape index (κ2) is 6.88. The van der Waals surface area contributed by atoms with Crippen molar-refractivity contribution in [2.75, 3.05) is 6.61 Å². The first-order chi connectivity index (χ1) is 11.7. The van der Waals surface area contributed by atoms with Crippen LogP contribution in [0.3, 0.4) is 0 Å². The van der Waals surface area contributed by atoms with Crippen LogP contribution in [0, 0.1) is 6.92 Å². The number of carbonyl (C=O) groups excluding carboxylic acids is 1. The fraction of sp³-hybridized carbons (Fsp3) is 0.333. The summed E-state index contributed by atoms with van der Waals surface area (Å²) < 4.78 is 7.18. The van der Waals surface area contributed by atoms with E-state index in [2.05, 4.69) is 4.98 Å². The lowest BCUT2D eigenvalue weighted by Crippen LogP contribution is -2.42. The minimum Gasteiger partial charge on any atom is -0.467 e. The predicted molar refractivity (Wildman–Crippen MR) is 89.7 cm³/mol. The van der Waals surface area contributed by atoms with Crippen molar-refractivity contribution in [3.8, 4) is 0 Å². The van der Waals surface area contributed by atoms with Gasteiger partial charge in [0.2, 0.25) is 0 Å². The fourth-order valence-corrected chi connectivity index (χ4v) is 2.89. The molecule has 0 aromatic carbocycles. The Morgan fingerprint density at radius 2 is 2.21 bits per heavy atom. The van der Waals surface area contributed by atoms with Crippen molar-refractivity contribution in [3.63, 3.8) is 0 Å². The number of aliphatic hydroxyl groups is 1. The molecule has 1 N–H and O–H groups in total. The highest BCUT2D eigenvalue weighted by Crippen LogP contribution is 2.19. The number of aromatic nitrogens is 2. The summed E-state index contributed by atoms with van der Waals surface area (Å²) in [6, 6.07) is 8.95. The van der Waals surface area contributed by atoms with Crippen LogP contribution in [0.15, 0.2) is 47.2 Å². The minimum absolute atomic E-state index is 0.0985. The molecule has 0 saturated heterocycles. The Bertz CT molecular complexity index is 819. The molecular weight excluding hydrogens is 306 g/mol. The summed E-state index contributed by atoms with van der Waals surface area (Å²) in [6.07, 6.45) is 4.06. The minimum atomic E-state index is -0.281. The number of pyridine rings is 1. The zero-order valence-corrected chi connectivity index (χ0v) is 13.8. The Morgan fingerprint density at radius 1 is 1.38 bits per heavy atom. The van der Waals surface area contributed by atoms with Gasteiger partial charge in [0.15, 0.2) is 0 Å². The van der Waals surface area contributed by atoms with Gasteiger partial charge < -0.3 is 14.4 Å². The number of rotatable bonds is 6. The van der Waals surface area contributed by atoms with E-state index in [9.17, 15) is 9.90 Å². The molecule has 0 aliphatic heterocycles. The van der Waals surface area contributed by atoms with Crippen LogP contribution in [-0.2, 0) is 6.54 Å². The molecule has 24 heavy (non-hydrogen) atoms. The molecular formula is C18H21N3O3. The molecule has 0 saturated carbocycles. The average molecular weight is 327 g/mol. The highest BCUT2D eigenvalue weighted by molar-refractivity contribution is 5.94. The molecule has 126 valence electrons. The number of hydrogen-bond donors (Lipinski definition) is 1. The van der Waals surface area contributed by atoms with Crippen molar-refractivity contribution in [3.05, 3.63) is 59.9 Å². The number of imidazole rings is 1. The van der Waals surface area contributed by atoms with Gasteiger partial charge in [-0.25, -0.2) is 4.98 Å². The summed E-state index contributed by atoms with van der Waals surface area (Å²) in [5.74, 6) is 0.519. The molecule has 6 nitrogen and oxygen atoms in total. The summed E-state index contributed by atoms with van der Waals surface area (Å²) in [7, 11) is 0. The smallest absolute Gasteiger partial charge is 0.273 e.